The lowest BCUT2D eigenvalue weighted by Crippen LogP contribution is -2.06. The average Bonchev–Trinajstić information content (AvgIpc) is 2.19. The van der Waals surface area contributed by atoms with Crippen LogP contribution in [0.1, 0.15) is 19.8 Å². The summed E-state index contributed by atoms with van der Waals surface area (Å²) in [6.45, 7) is 3.61. The Morgan fingerprint density at radius 2 is 2.00 bits per heavy atom. The van der Waals surface area contributed by atoms with Gasteiger partial charge >= 0.3 is 0 Å². The summed E-state index contributed by atoms with van der Waals surface area (Å²) in [7, 11) is 0. The predicted octanol–water partition coefficient (Wildman–Crippen LogP) is 2.87. The standard InChI is InChI=1S/C11H17NO/c1-2-3-9-13-10-12-11-7-5-4-6-8-11/h4-8,12H,2-3,9-10H2,1H3. The first-order chi connectivity index (χ1) is 6.43. The van der Waals surface area contributed by atoms with Gasteiger partial charge < -0.3 is 10.1 Å². The fraction of sp³-hybridized carbons (Fsp3) is 0.455. The number of hydrogen-bond acceptors (Lipinski definition) is 2. The molecule has 72 valence electrons. The molecule has 0 aliphatic carbocycles. The van der Waals surface area contributed by atoms with Crippen LogP contribution in [0.15, 0.2) is 30.3 Å². The third kappa shape index (κ3) is 4.53. The first-order valence-corrected chi connectivity index (χ1v) is 4.80. The number of ether oxygens (including phenoxy) is 1. The van der Waals surface area contributed by atoms with E-state index in [1.807, 2.05) is 30.3 Å². The molecule has 0 aromatic heterocycles. The van der Waals surface area contributed by atoms with Gasteiger partial charge in [0, 0.05) is 12.3 Å². The first kappa shape index (κ1) is 10.1. The van der Waals surface area contributed by atoms with Crippen molar-refractivity contribution in [1.29, 1.82) is 0 Å². The molecule has 2 nitrogen and oxygen atoms in total. The second-order valence-electron chi connectivity index (χ2n) is 2.95. The number of rotatable bonds is 6. The Morgan fingerprint density at radius 3 is 2.69 bits per heavy atom. The number of unbranched alkanes of at least 4 members (excludes halogenated alkanes) is 1. The van der Waals surface area contributed by atoms with Crippen LogP contribution in [0, 0.1) is 0 Å². The van der Waals surface area contributed by atoms with E-state index < -0.39 is 0 Å². The van der Waals surface area contributed by atoms with Crippen LogP contribution in [0.2, 0.25) is 0 Å². The maximum absolute atomic E-state index is 5.37. The average molecular weight is 179 g/mol. The van der Waals surface area contributed by atoms with Gasteiger partial charge in [0.25, 0.3) is 0 Å². The van der Waals surface area contributed by atoms with Crippen LogP contribution in [0.25, 0.3) is 0 Å². The molecule has 0 radical (unpaired) electrons. The van der Waals surface area contributed by atoms with E-state index in [0.717, 1.165) is 18.7 Å². The van der Waals surface area contributed by atoms with E-state index in [0.29, 0.717) is 6.73 Å². The van der Waals surface area contributed by atoms with Crippen molar-refractivity contribution < 1.29 is 4.74 Å². The van der Waals surface area contributed by atoms with Gasteiger partial charge in [0.2, 0.25) is 0 Å². The summed E-state index contributed by atoms with van der Waals surface area (Å²) in [4.78, 5) is 0. The summed E-state index contributed by atoms with van der Waals surface area (Å²) < 4.78 is 5.37. The van der Waals surface area contributed by atoms with Gasteiger partial charge in [-0.2, -0.15) is 0 Å². The summed E-state index contributed by atoms with van der Waals surface area (Å²) >= 11 is 0. The summed E-state index contributed by atoms with van der Waals surface area (Å²) in [6.07, 6.45) is 2.32. The minimum Gasteiger partial charge on any atom is -0.363 e. The lowest BCUT2D eigenvalue weighted by molar-refractivity contribution is 0.149. The molecule has 0 amide bonds. The van der Waals surface area contributed by atoms with E-state index in [9.17, 15) is 0 Å². The molecule has 2 heteroatoms. The van der Waals surface area contributed by atoms with E-state index in [2.05, 4.69) is 12.2 Å². The summed E-state index contributed by atoms with van der Waals surface area (Å²) in [6, 6.07) is 10.1. The van der Waals surface area contributed by atoms with E-state index in [4.69, 9.17) is 4.74 Å². The lowest BCUT2D eigenvalue weighted by atomic mass is 10.3. The molecule has 1 N–H and O–H groups in total. The molecule has 0 aliphatic rings. The van der Waals surface area contributed by atoms with Crippen molar-refractivity contribution in [2.75, 3.05) is 18.7 Å². The van der Waals surface area contributed by atoms with Gasteiger partial charge in [-0.3, -0.25) is 0 Å². The molecule has 0 saturated carbocycles. The van der Waals surface area contributed by atoms with Crippen LogP contribution in [0.5, 0.6) is 0 Å². The van der Waals surface area contributed by atoms with Crippen LogP contribution in [-0.2, 0) is 4.74 Å². The zero-order valence-corrected chi connectivity index (χ0v) is 8.12. The molecule has 1 aromatic carbocycles. The van der Waals surface area contributed by atoms with Crippen molar-refractivity contribution >= 4 is 5.69 Å². The largest absolute Gasteiger partial charge is 0.363 e. The van der Waals surface area contributed by atoms with Gasteiger partial charge in [0.15, 0.2) is 0 Å². The summed E-state index contributed by atoms with van der Waals surface area (Å²) in [5.41, 5.74) is 1.11. The smallest absolute Gasteiger partial charge is 0.116 e. The Labute approximate surface area is 79.9 Å². The molecule has 0 bridgehead atoms. The fourth-order valence-electron chi connectivity index (χ4n) is 1.01. The molecule has 0 aliphatic heterocycles. The van der Waals surface area contributed by atoms with Gasteiger partial charge in [0.05, 0.1) is 0 Å². The Kier molecular flexibility index (Phi) is 5.02. The number of benzene rings is 1. The van der Waals surface area contributed by atoms with Crippen molar-refractivity contribution in [3.63, 3.8) is 0 Å². The van der Waals surface area contributed by atoms with Gasteiger partial charge in [-0.15, -0.1) is 0 Å². The molecule has 13 heavy (non-hydrogen) atoms. The molecule has 1 aromatic rings. The lowest BCUT2D eigenvalue weighted by Gasteiger charge is -2.06. The Bertz CT molecular complexity index is 211. The van der Waals surface area contributed by atoms with Crippen molar-refractivity contribution in [2.45, 2.75) is 19.8 Å². The van der Waals surface area contributed by atoms with E-state index in [1.54, 1.807) is 0 Å². The van der Waals surface area contributed by atoms with E-state index >= 15 is 0 Å². The quantitative estimate of drug-likeness (QED) is 0.535. The Balaban J connectivity index is 2.07. The van der Waals surface area contributed by atoms with Crippen LogP contribution in [-0.4, -0.2) is 13.3 Å². The molecule has 0 fully saturated rings. The van der Waals surface area contributed by atoms with Crippen LogP contribution in [0.4, 0.5) is 5.69 Å². The maximum atomic E-state index is 5.37. The zero-order valence-electron chi connectivity index (χ0n) is 8.12. The van der Waals surface area contributed by atoms with Gasteiger partial charge in [-0.1, -0.05) is 31.5 Å². The fourth-order valence-corrected chi connectivity index (χ4v) is 1.01. The highest BCUT2D eigenvalue weighted by Crippen LogP contribution is 2.03. The number of nitrogens with one attached hydrogen (secondary N) is 1. The molecule has 0 heterocycles. The third-order valence-electron chi connectivity index (χ3n) is 1.79. The minimum absolute atomic E-state index is 0.601. The Hall–Kier alpha value is -1.02. The van der Waals surface area contributed by atoms with Crippen molar-refractivity contribution in [3.05, 3.63) is 30.3 Å². The number of hydrogen-bond donors (Lipinski definition) is 1. The van der Waals surface area contributed by atoms with Crippen molar-refractivity contribution in [1.82, 2.24) is 0 Å². The summed E-state index contributed by atoms with van der Waals surface area (Å²) in [5, 5.41) is 3.18. The first-order valence-electron chi connectivity index (χ1n) is 4.80. The normalized spacial score (nSPS) is 9.92. The summed E-state index contributed by atoms with van der Waals surface area (Å²) in [5.74, 6) is 0. The zero-order chi connectivity index (χ0) is 9.36. The molecular formula is C11H17NO. The van der Waals surface area contributed by atoms with Gasteiger partial charge in [-0.25, -0.2) is 0 Å². The molecule has 0 unspecified atom stereocenters. The highest BCUT2D eigenvalue weighted by atomic mass is 16.5. The highest BCUT2D eigenvalue weighted by Gasteiger charge is 1.88. The van der Waals surface area contributed by atoms with Crippen molar-refractivity contribution in [3.8, 4) is 0 Å². The molecule has 0 spiro atoms. The molecule has 0 atom stereocenters. The second kappa shape index (κ2) is 6.49. The van der Waals surface area contributed by atoms with Gasteiger partial charge in [0.1, 0.15) is 6.73 Å². The Morgan fingerprint density at radius 1 is 1.23 bits per heavy atom. The second-order valence-corrected chi connectivity index (χ2v) is 2.95. The van der Waals surface area contributed by atoms with Crippen LogP contribution < -0.4 is 5.32 Å². The minimum atomic E-state index is 0.601. The van der Waals surface area contributed by atoms with Crippen LogP contribution >= 0.6 is 0 Å². The van der Waals surface area contributed by atoms with Gasteiger partial charge in [-0.05, 0) is 18.6 Å². The molecule has 0 saturated heterocycles. The maximum Gasteiger partial charge on any atom is 0.116 e. The highest BCUT2D eigenvalue weighted by molar-refractivity contribution is 5.41. The molecular weight excluding hydrogens is 162 g/mol. The molecule has 1 rings (SSSR count). The monoisotopic (exact) mass is 179 g/mol. The topological polar surface area (TPSA) is 21.3 Å². The number of anilines is 1. The third-order valence-corrected chi connectivity index (χ3v) is 1.79. The van der Waals surface area contributed by atoms with Crippen LogP contribution in [0.3, 0.4) is 0 Å². The SMILES string of the molecule is CCCCOCNc1ccccc1. The van der Waals surface area contributed by atoms with E-state index in [1.165, 1.54) is 6.42 Å². The number of para-hydroxylation sites is 1. The van der Waals surface area contributed by atoms with Crippen molar-refractivity contribution in [2.24, 2.45) is 0 Å². The van der Waals surface area contributed by atoms with E-state index in [-0.39, 0.29) is 0 Å². The predicted molar refractivity (Wildman–Crippen MR) is 55.8 cm³/mol.